The van der Waals surface area contributed by atoms with Gasteiger partial charge in [0.1, 0.15) is 22.4 Å². The molecule has 8 nitrogen and oxygen atoms in total. The van der Waals surface area contributed by atoms with Gasteiger partial charge in [-0.05, 0) is 109 Å². The summed E-state index contributed by atoms with van der Waals surface area (Å²) < 4.78 is 23.2. The van der Waals surface area contributed by atoms with Crippen LogP contribution in [-0.4, -0.2) is 46.3 Å². The van der Waals surface area contributed by atoms with Crippen molar-refractivity contribution < 1.29 is 38.1 Å². The van der Waals surface area contributed by atoms with E-state index in [1.807, 2.05) is 83.1 Å². The van der Waals surface area contributed by atoms with E-state index in [1.54, 1.807) is 0 Å². The molecule has 44 heavy (non-hydrogen) atoms. The second-order valence-corrected chi connectivity index (χ2v) is 16.5. The van der Waals surface area contributed by atoms with Crippen molar-refractivity contribution in [2.24, 2.45) is 23.7 Å². The van der Waals surface area contributed by atoms with Crippen LogP contribution in [0, 0.1) is 23.7 Å². The molecule has 1 aliphatic carbocycles. The zero-order valence-electron chi connectivity index (χ0n) is 30.1. The standard InChI is InChI=1S/C36H64O8/c1-33(2,3)41-29(37)25-21-17-13-14-19-23-27(31(39)43-35(7,8)9)28(32(40)44-36(10,11)12)24-20-16-15-18-22-26(25)30(38)42-34(4,5)6/h25-28H,13-24H2,1-12H3. The Morgan fingerprint density at radius 3 is 0.636 bits per heavy atom. The maximum atomic E-state index is 13.4. The summed E-state index contributed by atoms with van der Waals surface area (Å²) >= 11 is 0. The van der Waals surface area contributed by atoms with Gasteiger partial charge in [-0.2, -0.15) is 0 Å². The molecule has 1 saturated carbocycles. The Hall–Kier alpha value is -2.12. The molecule has 1 fully saturated rings. The molecule has 0 N–H and O–H groups in total. The van der Waals surface area contributed by atoms with Crippen molar-refractivity contribution in [3.8, 4) is 0 Å². The van der Waals surface area contributed by atoms with Crippen molar-refractivity contribution in [1.82, 2.24) is 0 Å². The van der Waals surface area contributed by atoms with E-state index in [4.69, 9.17) is 18.9 Å². The lowest BCUT2D eigenvalue weighted by Crippen LogP contribution is -2.39. The minimum Gasteiger partial charge on any atom is -0.460 e. The zero-order chi connectivity index (χ0) is 33.9. The molecule has 4 atom stereocenters. The Kier molecular flexibility index (Phi) is 15.4. The molecule has 8 heteroatoms. The molecule has 0 saturated heterocycles. The van der Waals surface area contributed by atoms with E-state index in [0.717, 1.165) is 51.4 Å². The molecule has 256 valence electrons. The minimum absolute atomic E-state index is 0.348. The summed E-state index contributed by atoms with van der Waals surface area (Å²) in [5, 5.41) is 0. The lowest BCUT2D eigenvalue weighted by atomic mass is 9.81. The van der Waals surface area contributed by atoms with Crippen molar-refractivity contribution in [1.29, 1.82) is 0 Å². The second-order valence-electron chi connectivity index (χ2n) is 16.5. The third-order valence-corrected chi connectivity index (χ3v) is 7.37. The van der Waals surface area contributed by atoms with E-state index in [9.17, 15) is 19.2 Å². The van der Waals surface area contributed by atoms with Gasteiger partial charge in [0.05, 0.1) is 23.7 Å². The van der Waals surface area contributed by atoms with Gasteiger partial charge in [-0.1, -0.05) is 51.4 Å². The SMILES string of the molecule is CC(C)(C)OC(=O)C1CCCCCCC(C(=O)OC(C)(C)C)C(C(=O)OC(C)(C)C)CCCCCCC1C(=O)OC(C)(C)C. The summed E-state index contributed by atoms with van der Waals surface area (Å²) in [6, 6.07) is 0. The number of carbonyl (C=O) groups is 4. The van der Waals surface area contributed by atoms with E-state index in [0.29, 0.717) is 25.7 Å². The van der Waals surface area contributed by atoms with Gasteiger partial charge in [-0.3, -0.25) is 19.2 Å². The lowest BCUT2D eigenvalue weighted by molar-refractivity contribution is -0.174. The molecule has 0 aromatic rings. The first-order valence-corrected chi connectivity index (χ1v) is 16.9. The average molecular weight is 625 g/mol. The summed E-state index contributed by atoms with van der Waals surface area (Å²) in [7, 11) is 0. The highest BCUT2D eigenvalue weighted by Gasteiger charge is 2.40. The predicted molar refractivity (Wildman–Crippen MR) is 173 cm³/mol. The Morgan fingerprint density at radius 1 is 0.341 bits per heavy atom. The molecule has 0 spiro atoms. The molecule has 0 heterocycles. The van der Waals surface area contributed by atoms with E-state index >= 15 is 0 Å². The normalized spacial score (nSPS) is 24.1. The summed E-state index contributed by atoms with van der Waals surface area (Å²) in [5.41, 5.74) is -2.64. The highest BCUT2D eigenvalue weighted by molar-refractivity contribution is 5.83. The van der Waals surface area contributed by atoms with Crippen molar-refractivity contribution in [2.45, 2.75) is 183 Å². The molecule has 4 unspecified atom stereocenters. The summed E-state index contributed by atoms with van der Waals surface area (Å²) in [4.78, 5) is 53.8. The number of carbonyl (C=O) groups excluding carboxylic acids is 4. The monoisotopic (exact) mass is 624 g/mol. The number of esters is 4. The first-order valence-electron chi connectivity index (χ1n) is 16.9. The molecule has 0 amide bonds. The van der Waals surface area contributed by atoms with E-state index in [1.165, 1.54) is 0 Å². The fraction of sp³-hybridized carbons (Fsp3) is 0.889. The fourth-order valence-electron chi connectivity index (χ4n) is 5.61. The van der Waals surface area contributed by atoms with Crippen molar-refractivity contribution >= 4 is 23.9 Å². The Morgan fingerprint density at radius 2 is 0.500 bits per heavy atom. The van der Waals surface area contributed by atoms with Crippen LogP contribution in [0.2, 0.25) is 0 Å². The highest BCUT2D eigenvalue weighted by atomic mass is 16.6. The highest BCUT2D eigenvalue weighted by Crippen LogP contribution is 2.33. The maximum absolute atomic E-state index is 13.4. The van der Waals surface area contributed by atoms with Crippen molar-refractivity contribution in [2.75, 3.05) is 0 Å². The maximum Gasteiger partial charge on any atom is 0.310 e. The average Bonchev–Trinajstić information content (AvgIpc) is 2.78. The van der Waals surface area contributed by atoms with Gasteiger partial charge in [0, 0.05) is 0 Å². The second kappa shape index (κ2) is 17.0. The Balaban J connectivity index is 3.27. The van der Waals surface area contributed by atoms with Crippen LogP contribution in [0.15, 0.2) is 0 Å². The Labute approximate surface area is 268 Å². The van der Waals surface area contributed by atoms with Crippen LogP contribution >= 0.6 is 0 Å². The third kappa shape index (κ3) is 16.8. The Bertz CT molecular complexity index is 774. The predicted octanol–water partition coefficient (Wildman–Crippen LogP) is 8.51. The van der Waals surface area contributed by atoms with Crippen LogP contribution in [0.4, 0.5) is 0 Å². The van der Waals surface area contributed by atoms with E-state index in [-0.39, 0.29) is 23.9 Å². The largest absolute Gasteiger partial charge is 0.460 e. The topological polar surface area (TPSA) is 105 Å². The van der Waals surface area contributed by atoms with Crippen molar-refractivity contribution in [3.63, 3.8) is 0 Å². The molecule has 0 aromatic carbocycles. The zero-order valence-corrected chi connectivity index (χ0v) is 30.1. The summed E-state index contributed by atoms with van der Waals surface area (Å²) in [5.74, 6) is -3.71. The fourth-order valence-corrected chi connectivity index (χ4v) is 5.61. The van der Waals surface area contributed by atoms with Gasteiger partial charge in [0.15, 0.2) is 0 Å². The van der Waals surface area contributed by atoms with E-state index < -0.39 is 46.1 Å². The molecule has 1 aliphatic rings. The summed E-state index contributed by atoms with van der Waals surface area (Å²) in [6.45, 7) is 22.1. The molecule has 0 aromatic heterocycles. The number of ether oxygens (including phenoxy) is 4. The molecule has 0 radical (unpaired) electrons. The lowest BCUT2D eigenvalue weighted by Gasteiger charge is -2.31. The first-order chi connectivity index (χ1) is 20.0. The molecule has 1 rings (SSSR count). The van der Waals surface area contributed by atoms with Crippen LogP contribution in [0.3, 0.4) is 0 Å². The minimum atomic E-state index is -0.661. The van der Waals surface area contributed by atoms with Gasteiger partial charge < -0.3 is 18.9 Å². The van der Waals surface area contributed by atoms with Crippen LogP contribution in [0.25, 0.3) is 0 Å². The smallest absolute Gasteiger partial charge is 0.310 e. The molecular weight excluding hydrogens is 560 g/mol. The van der Waals surface area contributed by atoms with Gasteiger partial charge in [-0.15, -0.1) is 0 Å². The number of hydrogen-bond donors (Lipinski definition) is 0. The van der Waals surface area contributed by atoms with Gasteiger partial charge in [-0.25, -0.2) is 0 Å². The van der Waals surface area contributed by atoms with E-state index in [2.05, 4.69) is 0 Å². The van der Waals surface area contributed by atoms with Gasteiger partial charge >= 0.3 is 23.9 Å². The van der Waals surface area contributed by atoms with Crippen LogP contribution < -0.4 is 0 Å². The van der Waals surface area contributed by atoms with Gasteiger partial charge in [0.25, 0.3) is 0 Å². The third-order valence-electron chi connectivity index (χ3n) is 7.37. The molecular formula is C36H64O8. The quantitative estimate of drug-likeness (QED) is 0.226. The number of rotatable bonds is 4. The van der Waals surface area contributed by atoms with Crippen LogP contribution in [0.1, 0.15) is 160 Å². The van der Waals surface area contributed by atoms with Crippen molar-refractivity contribution in [3.05, 3.63) is 0 Å². The van der Waals surface area contributed by atoms with Crippen LogP contribution in [0.5, 0.6) is 0 Å². The summed E-state index contributed by atoms with van der Waals surface area (Å²) in [6.07, 6.45) is 8.29. The van der Waals surface area contributed by atoms with Crippen LogP contribution in [-0.2, 0) is 38.1 Å². The molecule has 0 aliphatic heterocycles. The number of hydrogen-bond acceptors (Lipinski definition) is 8. The molecule has 0 bridgehead atoms. The van der Waals surface area contributed by atoms with Gasteiger partial charge in [0.2, 0.25) is 0 Å². The first kappa shape index (κ1) is 39.9.